The third-order valence-corrected chi connectivity index (χ3v) is 5.95. The van der Waals surface area contributed by atoms with E-state index < -0.39 is 0 Å². The van der Waals surface area contributed by atoms with Crippen LogP contribution >= 0.6 is 11.6 Å². The van der Waals surface area contributed by atoms with Gasteiger partial charge in [0.25, 0.3) is 5.91 Å². The minimum atomic E-state index is -0.273. The summed E-state index contributed by atoms with van der Waals surface area (Å²) < 4.78 is 17.3. The fraction of sp³-hybridized carbons (Fsp3) is 0.407. The third kappa shape index (κ3) is 6.67. The number of carbonyl (C=O) groups excluding carboxylic acids is 1. The molecule has 196 valence electrons. The van der Waals surface area contributed by atoms with Gasteiger partial charge in [0.1, 0.15) is 16.6 Å². The molecule has 9 nitrogen and oxygen atoms in total. The maximum Gasteiger partial charge on any atom is 0.253 e. The van der Waals surface area contributed by atoms with Crippen molar-refractivity contribution in [2.24, 2.45) is 0 Å². The molecule has 37 heavy (non-hydrogen) atoms. The van der Waals surface area contributed by atoms with Crippen LogP contribution in [0.2, 0.25) is 5.02 Å². The van der Waals surface area contributed by atoms with Crippen molar-refractivity contribution in [1.29, 1.82) is 0 Å². The number of aromatic nitrogens is 3. The van der Waals surface area contributed by atoms with Crippen molar-refractivity contribution in [2.75, 3.05) is 31.2 Å². The highest BCUT2D eigenvalue weighted by molar-refractivity contribution is 6.34. The van der Waals surface area contributed by atoms with Gasteiger partial charge in [0, 0.05) is 37.0 Å². The van der Waals surface area contributed by atoms with Crippen molar-refractivity contribution in [1.82, 2.24) is 20.5 Å². The molecule has 0 aliphatic carbocycles. The number of nitrogens with zero attached hydrogens (tertiary/aromatic N) is 4. The van der Waals surface area contributed by atoms with E-state index in [-0.39, 0.29) is 18.1 Å². The van der Waals surface area contributed by atoms with Crippen LogP contribution in [0.3, 0.4) is 0 Å². The zero-order chi connectivity index (χ0) is 26.4. The van der Waals surface area contributed by atoms with Gasteiger partial charge in [-0.1, -0.05) is 17.7 Å². The highest BCUT2D eigenvalue weighted by Crippen LogP contribution is 2.42. The molecule has 3 aromatic rings. The zero-order valence-electron chi connectivity index (χ0n) is 21.5. The number of nitrogens with one attached hydrogen (secondary N) is 1. The molecule has 4 rings (SSSR count). The van der Waals surface area contributed by atoms with Crippen molar-refractivity contribution in [2.45, 2.75) is 46.4 Å². The quantitative estimate of drug-likeness (QED) is 0.435. The van der Waals surface area contributed by atoms with Crippen molar-refractivity contribution >= 4 is 23.3 Å². The van der Waals surface area contributed by atoms with Crippen molar-refractivity contribution in [3.05, 3.63) is 58.9 Å². The standard InChI is InChI=1S/C27H32ClN5O4/c1-17(2)36-23-8-7-21(25(24(23)28)37-18(3)4)22-14-20(16-31-32-22)27(34)30-15-19-6-5-9-29-26(19)33-10-12-35-13-11-33/h5-9,14,16-18H,10-13,15H2,1-4H3,(H,30,34). The smallest absolute Gasteiger partial charge is 0.253 e. The number of ether oxygens (including phenoxy) is 3. The SMILES string of the molecule is CC(C)Oc1ccc(-c2cc(C(=O)NCc3cccnc3N3CCOCC3)cnn2)c(OC(C)C)c1Cl. The van der Waals surface area contributed by atoms with Crippen LogP contribution in [0.15, 0.2) is 42.7 Å². The largest absolute Gasteiger partial charge is 0.489 e. The molecule has 0 saturated carbocycles. The number of amides is 1. The van der Waals surface area contributed by atoms with Crippen LogP contribution in [0, 0.1) is 0 Å². The molecule has 1 aliphatic rings. The summed E-state index contributed by atoms with van der Waals surface area (Å²) >= 11 is 6.66. The molecule has 0 bridgehead atoms. The second kappa shape index (κ2) is 12.2. The van der Waals surface area contributed by atoms with Crippen LogP contribution in [0.25, 0.3) is 11.3 Å². The predicted octanol–water partition coefficient (Wildman–Crippen LogP) is 4.53. The van der Waals surface area contributed by atoms with E-state index in [1.165, 1.54) is 6.20 Å². The van der Waals surface area contributed by atoms with Crippen molar-refractivity contribution in [3.63, 3.8) is 0 Å². The van der Waals surface area contributed by atoms with E-state index in [1.807, 2.05) is 45.9 Å². The maximum absolute atomic E-state index is 13.1. The van der Waals surface area contributed by atoms with Crippen LogP contribution in [-0.4, -0.2) is 59.6 Å². The summed E-state index contributed by atoms with van der Waals surface area (Å²) in [5, 5.41) is 11.7. The number of anilines is 1. The van der Waals surface area contributed by atoms with E-state index in [0.29, 0.717) is 53.1 Å². The average molecular weight is 526 g/mol. The molecule has 1 aliphatic heterocycles. The third-order valence-electron chi connectivity index (χ3n) is 5.59. The Labute approximate surface area is 222 Å². The van der Waals surface area contributed by atoms with Gasteiger partial charge in [-0.2, -0.15) is 10.2 Å². The Balaban J connectivity index is 1.55. The Morgan fingerprint density at radius 1 is 1.14 bits per heavy atom. The molecule has 1 amide bonds. The predicted molar refractivity (Wildman–Crippen MR) is 142 cm³/mol. The van der Waals surface area contributed by atoms with Crippen LogP contribution in [0.5, 0.6) is 11.5 Å². The lowest BCUT2D eigenvalue weighted by atomic mass is 10.1. The van der Waals surface area contributed by atoms with E-state index in [2.05, 4.69) is 25.4 Å². The number of carbonyl (C=O) groups is 1. The molecule has 1 fully saturated rings. The summed E-state index contributed by atoms with van der Waals surface area (Å²) in [5.41, 5.74) is 2.39. The minimum Gasteiger partial charge on any atom is -0.489 e. The number of benzene rings is 1. The monoisotopic (exact) mass is 525 g/mol. The lowest BCUT2D eigenvalue weighted by molar-refractivity contribution is 0.0950. The number of hydrogen-bond acceptors (Lipinski definition) is 8. The number of halogens is 1. The molecule has 0 unspecified atom stereocenters. The molecule has 0 atom stereocenters. The van der Waals surface area contributed by atoms with Gasteiger partial charge in [0.05, 0.1) is 42.9 Å². The van der Waals surface area contributed by atoms with Crippen molar-refractivity contribution < 1.29 is 19.0 Å². The number of rotatable bonds is 9. The summed E-state index contributed by atoms with van der Waals surface area (Å²) in [7, 11) is 0. The molecular weight excluding hydrogens is 494 g/mol. The maximum atomic E-state index is 13.1. The molecular formula is C27H32ClN5O4. The van der Waals surface area contributed by atoms with Gasteiger partial charge in [-0.3, -0.25) is 4.79 Å². The normalized spacial score (nSPS) is 13.6. The second-order valence-electron chi connectivity index (χ2n) is 9.19. The number of hydrogen-bond donors (Lipinski definition) is 1. The fourth-order valence-corrected chi connectivity index (χ4v) is 4.22. The van der Waals surface area contributed by atoms with Gasteiger partial charge in [-0.05, 0) is 52.0 Å². The van der Waals surface area contributed by atoms with E-state index in [0.717, 1.165) is 24.5 Å². The minimum absolute atomic E-state index is 0.0503. The van der Waals surface area contributed by atoms with Crippen LogP contribution < -0.4 is 19.7 Å². The summed E-state index contributed by atoms with van der Waals surface area (Å²) in [6.07, 6.45) is 3.01. The van der Waals surface area contributed by atoms with E-state index in [1.54, 1.807) is 18.3 Å². The average Bonchev–Trinajstić information content (AvgIpc) is 2.90. The van der Waals surface area contributed by atoms with Gasteiger partial charge >= 0.3 is 0 Å². The lowest BCUT2D eigenvalue weighted by Crippen LogP contribution is -2.37. The first kappa shape index (κ1) is 26.6. The molecule has 1 N–H and O–H groups in total. The zero-order valence-corrected chi connectivity index (χ0v) is 22.3. The summed E-state index contributed by atoms with van der Waals surface area (Å²) in [5.74, 6) is 1.54. The Kier molecular flexibility index (Phi) is 8.78. The van der Waals surface area contributed by atoms with Gasteiger partial charge in [-0.15, -0.1) is 0 Å². The summed E-state index contributed by atoms with van der Waals surface area (Å²) in [6, 6.07) is 9.10. The van der Waals surface area contributed by atoms with Crippen LogP contribution in [0.4, 0.5) is 5.82 Å². The van der Waals surface area contributed by atoms with Crippen molar-refractivity contribution in [3.8, 4) is 22.8 Å². The molecule has 0 spiro atoms. The van der Waals surface area contributed by atoms with Gasteiger partial charge in [0.2, 0.25) is 0 Å². The Hall–Kier alpha value is -3.43. The fourth-order valence-electron chi connectivity index (χ4n) is 3.96. The van der Waals surface area contributed by atoms with E-state index in [4.69, 9.17) is 25.8 Å². The molecule has 1 saturated heterocycles. The van der Waals surface area contributed by atoms with Gasteiger partial charge in [-0.25, -0.2) is 4.98 Å². The number of morpholine rings is 1. The number of pyridine rings is 1. The highest BCUT2D eigenvalue weighted by atomic mass is 35.5. The van der Waals surface area contributed by atoms with E-state index in [9.17, 15) is 4.79 Å². The van der Waals surface area contributed by atoms with Gasteiger partial charge in [0.15, 0.2) is 5.75 Å². The first-order chi connectivity index (χ1) is 17.8. The lowest BCUT2D eigenvalue weighted by Gasteiger charge is -2.29. The molecule has 0 radical (unpaired) electrons. The highest BCUT2D eigenvalue weighted by Gasteiger charge is 2.21. The molecule has 10 heteroatoms. The van der Waals surface area contributed by atoms with E-state index >= 15 is 0 Å². The van der Waals surface area contributed by atoms with Crippen LogP contribution in [-0.2, 0) is 11.3 Å². The Morgan fingerprint density at radius 2 is 1.89 bits per heavy atom. The topological polar surface area (TPSA) is 98.7 Å². The summed E-state index contributed by atoms with van der Waals surface area (Å²) in [6.45, 7) is 10.8. The summed E-state index contributed by atoms with van der Waals surface area (Å²) in [4.78, 5) is 19.8. The Bertz CT molecular complexity index is 1230. The second-order valence-corrected chi connectivity index (χ2v) is 9.56. The molecule has 3 heterocycles. The van der Waals surface area contributed by atoms with Gasteiger partial charge < -0.3 is 24.4 Å². The first-order valence-electron chi connectivity index (χ1n) is 12.4. The Morgan fingerprint density at radius 3 is 2.62 bits per heavy atom. The molecule has 1 aromatic carbocycles. The van der Waals surface area contributed by atoms with Crippen LogP contribution in [0.1, 0.15) is 43.6 Å². The molecule has 2 aromatic heterocycles. The first-order valence-corrected chi connectivity index (χ1v) is 12.7.